The van der Waals surface area contributed by atoms with E-state index in [1.807, 2.05) is 62.4 Å². The molecule has 3 fully saturated rings. The third kappa shape index (κ3) is 3.20. The Morgan fingerprint density at radius 3 is 2.56 bits per heavy atom. The summed E-state index contributed by atoms with van der Waals surface area (Å²) in [7, 11) is 0. The zero-order valence-corrected chi connectivity index (χ0v) is 20.5. The number of amides is 1. The molecule has 1 saturated heterocycles. The largest absolute Gasteiger partial charge is 0.481 e. The highest BCUT2D eigenvalue weighted by Crippen LogP contribution is 2.89. The number of nitrogens with one attached hydrogen (secondary N) is 1. The summed E-state index contributed by atoms with van der Waals surface area (Å²) in [6, 6.07) is 15.8. The second-order valence-corrected chi connectivity index (χ2v) is 10.4. The van der Waals surface area contributed by atoms with Gasteiger partial charge >= 0.3 is 12.1 Å². The highest BCUT2D eigenvalue weighted by Gasteiger charge is 2.92. The molecular weight excluding hydrogens is 460 g/mol. The van der Waals surface area contributed by atoms with Crippen molar-refractivity contribution in [2.24, 2.45) is 5.41 Å². The molecule has 1 spiro atoms. The van der Waals surface area contributed by atoms with Gasteiger partial charge in [0, 0.05) is 16.4 Å². The van der Waals surface area contributed by atoms with Gasteiger partial charge in [-0.25, -0.2) is 4.79 Å². The zero-order valence-electron chi connectivity index (χ0n) is 20.5. The molecule has 1 aliphatic heterocycles. The van der Waals surface area contributed by atoms with E-state index in [-0.39, 0.29) is 17.3 Å². The highest BCUT2D eigenvalue weighted by molar-refractivity contribution is 5.90. The van der Waals surface area contributed by atoms with E-state index in [0.717, 1.165) is 35.1 Å². The number of aryl methyl sites for hydroxylation is 2. The first-order valence-electron chi connectivity index (χ1n) is 12.2. The number of carbonyl (C=O) groups is 2. The maximum atomic E-state index is 12.7. The van der Waals surface area contributed by atoms with Crippen LogP contribution in [-0.4, -0.2) is 34.5 Å². The number of hydrogen-bond donors (Lipinski definition) is 2. The van der Waals surface area contributed by atoms with E-state index in [0.29, 0.717) is 23.7 Å². The first-order chi connectivity index (χ1) is 17.2. The molecule has 2 aliphatic carbocycles. The average molecular weight is 489 g/mol. The van der Waals surface area contributed by atoms with Gasteiger partial charge in [-0.3, -0.25) is 10.1 Å². The van der Waals surface area contributed by atoms with Gasteiger partial charge < -0.3 is 19.1 Å². The van der Waals surface area contributed by atoms with Gasteiger partial charge in [-0.1, -0.05) is 53.7 Å². The Balaban J connectivity index is 1.18. The van der Waals surface area contributed by atoms with Gasteiger partial charge in [-0.15, -0.1) is 0 Å². The minimum atomic E-state index is -0.808. The molecule has 2 aromatic carbocycles. The normalized spacial score (nSPS) is 28.1. The van der Waals surface area contributed by atoms with Gasteiger partial charge in [-0.05, 0) is 50.3 Å². The lowest BCUT2D eigenvalue weighted by atomic mass is 9.92. The molecule has 6 rings (SSSR count). The molecule has 186 valence electrons. The van der Waals surface area contributed by atoms with Crippen molar-refractivity contribution in [2.45, 2.75) is 57.2 Å². The Labute approximate surface area is 208 Å². The molecule has 2 saturated carbocycles. The summed E-state index contributed by atoms with van der Waals surface area (Å²) in [5.41, 5.74) is 4.31. The SMILES string of the molecule is Cc1ccccc1[C@@H](C)OC(=O)Nc1c(C)noc1-c1ccc(C23COC4(CC(=O)O)CC42C3)cc1. The van der Waals surface area contributed by atoms with E-state index < -0.39 is 23.8 Å². The van der Waals surface area contributed by atoms with Crippen molar-refractivity contribution in [2.75, 3.05) is 11.9 Å². The van der Waals surface area contributed by atoms with Gasteiger partial charge in [0.15, 0.2) is 5.76 Å². The number of nitrogens with zero attached hydrogens (tertiary/aromatic N) is 1. The Bertz CT molecular complexity index is 1370. The van der Waals surface area contributed by atoms with Crippen LogP contribution in [0.25, 0.3) is 11.3 Å². The predicted molar refractivity (Wildman–Crippen MR) is 131 cm³/mol. The van der Waals surface area contributed by atoms with Crippen molar-refractivity contribution < 1.29 is 28.7 Å². The first kappa shape index (κ1) is 22.8. The van der Waals surface area contributed by atoms with E-state index in [1.165, 1.54) is 0 Å². The van der Waals surface area contributed by atoms with Crippen molar-refractivity contribution in [3.63, 3.8) is 0 Å². The van der Waals surface area contributed by atoms with Crippen LogP contribution in [0.3, 0.4) is 0 Å². The Morgan fingerprint density at radius 2 is 1.89 bits per heavy atom. The maximum Gasteiger partial charge on any atom is 0.412 e. The number of anilines is 1. The summed E-state index contributed by atoms with van der Waals surface area (Å²) in [6.07, 6.45) is 0.847. The topological polar surface area (TPSA) is 111 Å². The molecule has 8 heteroatoms. The fourth-order valence-corrected chi connectivity index (χ4v) is 6.42. The molecule has 36 heavy (non-hydrogen) atoms. The predicted octanol–water partition coefficient (Wildman–Crippen LogP) is 5.54. The number of carboxylic acids is 1. The van der Waals surface area contributed by atoms with Gasteiger partial charge in [-0.2, -0.15) is 0 Å². The zero-order chi connectivity index (χ0) is 25.3. The number of carboxylic acid groups (broad SMARTS) is 1. The van der Waals surface area contributed by atoms with Crippen LogP contribution in [0.15, 0.2) is 53.1 Å². The lowest BCUT2D eigenvalue weighted by Crippen LogP contribution is -2.20. The highest BCUT2D eigenvalue weighted by atomic mass is 16.6. The van der Waals surface area contributed by atoms with Crippen LogP contribution in [0.2, 0.25) is 0 Å². The molecule has 8 nitrogen and oxygen atoms in total. The molecule has 3 unspecified atom stereocenters. The molecular formula is C28H28N2O6. The number of aromatic nitrogens is 1. The fourth-order valence-electron chi connectivity index (χ4n) is 6.42. The standard InChI is InChI=1S/C28H28N2O6/c1-16-6-4-5-7-21(16)18(3)35-25(33)29-23-17(2)30-36-24(23)19-8-10-20(11-9-19)26-13-27(26)14-28(27,34-15-26)12-22(31)32/h4-11,18H,12-15H2,1-3H3,(H,29,33)(H,31,32)/t18-,26?,27?,28?/m1/s1. The first-order valence-corrected chi connectivity index (χ1v) is 12.2. The van der Waals surface area contributed by atoms with Crippen molar-refractivity contribution in [3.8, 4) is 11.3 Å². The second kappa shape index (κ2) is 7.67. The molecule has 3 aliphatic rings. The number of aliphatic carboxylic acids is 1. The molecule has 2 N–H and O–H groups in total. The van der Waals surface area contributed by atoms with Crippen LogP contribution in [0.1, 0.15) is 54.7 Å². The van der Waals surface area contributed by atoms with E-state index in [2.05, 4.69) is 10.5 Å². The fraction of sp³-hybridized carbons (Fsp3) is 0.393. The number of ether oxygens (including phenoxy) is 2. The number of benzene rings is 2. The Hall–Kier alpha value is -3.65. The summed E-state index contributed by atoms with van der Waals surface area (Å²) >= 11 is 0. The average Bonchev–Trinajstić information content (AvgIpc) is 3.62. The van der Waals surface area contributed by atoms with Gasteiger partial charge in [0.05, 0.1) is 18.6 Å². The van der Waals surface area contributed by atoms with Gasteiger partial charge in [0.1, 0.15) is 17.5 Å². The lowest BCUT2D eigenvalue weighted by Gasteiger charge is -2.16. The quantitative estimate of drug-likeness (QED) is 0.449. The van der Waals surface area contributed by atoms with Crippen LogP contribution in [0.5, 0.6) is 0 Å². The summed E-state index contributed by atoms with van der Waals surface area (Å²) in [5.74, 6) is -0.352. The molecule has 1 amide bonds. The van der Waals surface area contributed by atoms with Crippen molar-refractivity contribution in [1.29, 1.82) is 0 Å². The molecule has 1 aromatic heterocycles. The van der Waals surface area contributed by atoms with E-state index in [4.69, 9.17) is 14.0 Å². The van der Waals surface area contributed by atoms with E-state index >= 15 is 0 Å². The summed E-state index contributed by atoms with van der Waals surface area (Å²) in [6.45, 7) is 6.14. The van der Waals surface area contributed by atoms with Crippen LogP contribution in [0.4, 0.5) is 10.5 Å². The van der Waals surface area contributed by atoms with Crippen LogP contribution in [-0.2, 0) is 19.7 Å². The Morgan fingerprint density at radius 1 is 1.14 bits per heavy atom. The van der Waals surface area contributed by atoms with E-state index in [9.17, 15) is 14.7 Å². The van der Waals surface area contributed by atoms with Crippen LogP contribution in [0, 0.1) is 19.3 Å². The summed E-state index contributed by atoms with van der Waals surface area (Å²) in [5, 5.41) is 16.1. The molecule has 2 heterocycles. The minimum absolute atomic E-state index is 0.0347. The third-order valence-electron chi connectivity index (χ3n) is 8.46. The molecule has 4 atom stereocenters. The van der Waals surface area contributed by atoms with Gasteiger partial charge in [0.25, 0.3) is 0 Å². The van der Waals surface area contributed by atoms with Gasteiger partial charge in [0.2, 0.25) is 0 Å². The third-order valence-corrected chi connectivity index (χ3v) is 8.46. The van der Waals surface area contributed by atoms with Crippen molar-refractivity contribution in [3.05, 3.63) is 70.9 Å². The molecule has 0 radical (unpaired) electrons. The summed E-state index contributed by atoms with van der Waals surface area (Å²) in [4.78, 5) is 24.0. The smallest absolute Gasteiger partial charge is 0.412 e. The monoisotopic (exact) mass is 488 g/mol. The second-order valence-electron chi connectivity index (χ2n) is 10.4. The molecule has 0 bridgehead atoms. The lowest BCUT2D eigenvalue weighted by molar-refractivity contribution is -0.141. The number of hydrogen-bond acceptors (Lipinski definition) is 6. The maximum absolute atomic E-state index is 12.7. The van der Waals surface area contributed by atoms with Crippen LogP contribution < -0.4 is 5.32 Å². The molecule has 3 aromatic rings. The van der Waals surface area contributed by atoms with E-state index in [1.54, 1.807) is 6.92 Å². The minimum Gasteiger partial charge on any atom is -0.481 e. The summed E-state index contributed by atoms with van der Waals surface area (Å²) < 4.78 is 17.2. The van der Waals surface area contributed by atoms with Crippen molar-refractivity contribution >= 4 is 17.7 Å². The number of rotatable bonds is 7. The van der Waals surface area contributed by atoms with Crippen LogP contribution >= 0.6 is 0 Å². The van der Waals surface area contributed by atoms with Crippen molar-refractivity contribution in [1.82, 2.24) is 5.16 Å². The number of carbonyl (C=O) groups excluding carboxylic acids is 1. The Kier molecular flexibility index (Phi) is 4.86.